The largest absolute Gasteiger partial charge is 0.368 e. The second-order valence-electron chi connectivity index (χ2n) is 4.62. The van der Waals surface area contributed by atoms with Gasteiger partial charge in [-0.05, 0) is 25.3 Å². The normalized spacial score (nSPS) is 13.5. The Kier molecular flexibility index (Phi) is 5.13. The van der Waals surface area contributed by atoms with Crippen LogP contribution in [0.1, 0.15) is 13.8 Å². The minimum Gasteiger partial charge on any atom is -0.368 e. The molecular formula is C13H20N4O2S2. The second kappa shape index (κ2) is 6.67. The minimum absolute atomic E-state index is 0.160. The lowest BCUT2D eigenvalue weighted by Gasteiger charge is -2.11. The van der Waals surface area contributed by atoms with Gasteiger partial charge >= 0.3 is 0 Å². The van der Waals surface area contributed by atoms with Gasteiger partial charge in [0.15, 0.2) is 10.8 Å². The Labute approximate surface area is 129 Å². The maximum absolute atomic E-state index is 12.6. The van der Waals surface area contributed by atoms with Gasteiger partial charge in [-0.2, -0.15) is 11.8 Å². The molecule has 6 nitrogen and oxygen atoms in total. The average Bonchev–Trinajstić information content (AvgIpc) is 2.84. The number of hydrogen-bond acceptors (Lipinski definition) is 5. The Morgan fingerprint density at radius 1 is 1.43 bits per heavy atom. The van der Waals surface area contributed by atoms with Crippen LogP contribution in [-0.2, 0) is 10.0 Å². The van der Waals surface area contributed by atoms with Crippen LogP contribution < -0.4 is 10.0 Å². The Morgan fingerprint density at radius 3 is 2.86 bits per heavy atom. The van der Waals surface area contributed by atoms with E-state index in [-0.39, 0.29) is 10.3 Å². The molecule has 2 N–H and O–H groups in total. The third kappa shape index (κ3) is 3.50. The molecule has 0 aliphatic carbocycles. The zero-order valence-electron chi connectivity index (χ0n) is 12.3. The van der Waals surface area contributed by atoms with Crippen molar-refractivity contribution in [2.24, 2.45) is 0 Å². The number of anilines is 1. The highest BCUT2D eigenvalue weighted by Gasteiger charge is 2.25. The fourth-order valence-electron chi connectivity index (χ4n) is 1.89. The Balaban J connectivity index is 2.45. The number of aromatic nitrogens is 2. The summed E-state index contributed by atoms with van der Waals surface area (Å²) in [6, 6.07) is 5.40. The topological polar surface area (TPSA) is 75.5 Å². The molecule has 2 aromatic heterocycles. The van der Waals surface area contributed by atoms with E-state index in [0.29, 0.717) is 24.6 Å². The minimum atomic E-state index is -3.63. The lowest BCUT2D eigenvalue weighted by atomic mass is 10.5. The fourth-order valence-corrected chi connectivity index (χ4v) is 3.64. The van der Waals surface area contributed by atoms with Crippen LogP contribution in [0.5, 0.6) is 0 Å². The first kappa shape index (κ1) is 16.1. The van der Waals surface area contributed by atoms with Crippen LogP contribution in [0, 0.1) is 0 Å². The summed E-state index contributed by atoms with van der Waals surface area (Å²) in [6.45, 7) is 4.87. The number of fused-ring (bicyclic) bond motifs is 1. The Morgan fingerprint density at radius 2 is 2.19 bits per heavy atom. The zero-order chi connectivity index (χ0) is 15.5. The van der Waals surface area contributed by atoms with Crippen LogP contribution in [0.2, 0.25) is 0 Å². The van der Waals surface area contributed by atoms with Crippen LogP contribution in [0.25, 0.3) is 5.65 Å². The van der Waals surface area contributed by atoms with Crippen molar-refractivity contribution < 1.29 is 8.42 Å². The molecule has 0 saturated heterocycles. The molecule has 0 spiro atoms. The van der Waals surface area contributed by atoms with Gasteiger partial charge in [0.05, 0.1) is 0 Å². The van der Waals surface area contributed by atoms with Gasteiger partial charge in [-0.15, -0.1) is 0 Å². The fraction of sp³-hybridized carbons (Fsp3) is 0.462. The number of sulfonamides is 1. The summed E-state index contributed by atoms with van der Waals surface area (Å²) in [4.78, 5) is 4.34. The summed E-state index contributed by atoms with van der Waals surface area (Å²) in [6.07, 6.45) is 3.66. The van der Waals surface area contributed by atoms with Gasteiger partial charge in [0.1, 0.15) is 5.65 Å². The van der Waals surface area contributed by atoms with Gasteiger partial charge in [0.25, 0.3) is 10.0 Å². The summed E-state index contributed by atoms with van der Waals surface area (Å²) >= 11 is 1.62. The number of nitrogens with zero attached hydrogens (tertiary/aromatic N) is 2. The molecule has 0 radical (unpaired) electrons. The molecule has 2 rings (SSSR count). The van der Waals surface area contributed by atoms with E-state index in [4.69, 9.17) is 0 Å². The molecule has 116 valence electrons. The molecule has 0 aromatic carbocycles. The van der Waals surface area contributed by atoms with Gasteiger partial charge in [-0.3, -0.25) is 4.40 Å². The van der Waals surface area contributed by atoms with Gasteiger partial charge in [0.2, 0.25) is 0 Å². The first-order chi connectivity index (χ1) is 9.99. The zero-order valence-corrected chi connectivity index (χ0v) is 14.0. The van der Waals surface area contributed by atoms with E-state index < -0.39 is 10.0 Å². The number of pyridine rings is 1. The van der Waals surface area contributed by atoms with Crippen LogP contribution in [0.3, 0.4) is 0 Å². The van der Waals surface area contributed by atoms with E-state index in [1.165, 1.54) is 0 Å². The maximum atomic E-state index is 12.6. The first-order valence-electron chi connectivity index (χ1n) is 6.73. The molecule has 0 amide bonds. The Hall–Kier alpha value is -1.25. The summed E-state index contributed by atoms with van der Waals surface area (Å²) in [5.74, 6) is 0.382. The molecule has 1 atom stereocenters. The second-order valence-corrected chi connectivity index (χ2v) is 7.58. The molecule has 0 bridgehead atoms. The molecule has 2 aromatic rings. The van der Waals surface area contributed by atoms with Crippen molar-refractivity contribution in [2.45, 2.75) is 24.1 Å². The summed E-state index contributed by atoms with van der Waals surface area (Å²) in [7, 11) is -3.63. The standard InChI is InChI=1S/C13H20N4O2S2/c1-4-14-12-13(17-8-6-5-7-11(17)16-12)21(18,19)15-9-10(2)20-3/h5-8,10,14-15H,4,9H2,1-3H3. The van der Waals surface area contributed by atoms with E-state index in [9.17, 15) is 8.42 Å². The SMILES string of the molecule is CCNc1nc2ccccn2c1S(=O)(=O)NCC(C)SC. The van der Waals surface area contributed by atoms with E-state index in [2.05, 4.69) is 15.0 Å². The van der Waals surface area contributed by atoms with Crippen molar-refractivity contribution in [3.05, 3.63) is 24.4 Å². The van der Waals surface area contributed by atoms with Crippen LogP contribution in [0.4, 0.5) is 5.82 Å². The molecule has 21 heavy (non-hydrogen) atoms. The molecule has 2 heterocycles. The summed E-state index contributed by atoms with van der Waals surface area (Å²) < 4.78 is 29.4. The molecule has 0 saturated carbocycles. The quantitative estimate of drug-likeness (QED) is 0.810. The highest BCUT2D eigenvalue weighted by atomic mass is 32.2. The highest BCUT2D eigenvalue weighted by Crippen LogP contribution is 2.22. The van der Waals surface area contributed by atoms with Crippen LogP contribution in [-0.4, -0.2) is 42.4 Å². The van der Waals surface area contributed by atoms with Gasteiger partial charge in [-0.25, -0.2) is 18.1 Å². The third-order valence-electron chi connectivity index (χ3n) is 3.05. The predicted octanol–water partition coefficient (Wildman–Crippen LogP) is 1.80. The lowest BCUT2D eigenvalue weighted by Crippen LogP contribution is -2.30. The number of nitrogens with one attached hydrogen (secondary N) is 2. The number of rotatable bonds is 7. The van der Waals surface area contributed by atoms with E-state index in [0.717, 1.165) is 0 Å². The predicted molar refractivity (Wildman–Crippen MR) is 87.5 cm³/mol. The molecule has 0 fully saturated rings. The molecule has 8 heteroatoms. The van der Waals surface area contributed by atoms with Crippen molar-refractivity contribution >= 4 is 33.3 Å². The summed E-state index contributed by atoms with van der Waals surface area (Å²) in [5, 5.41) is 3.39. The monoisotopic (exact) mass is 328 g/mol. The third-order valence-corrected chi connectivity index (χ3v) is 5.47. The van der Waals surface area contributed by atoms with Crippen molar-refractivity contribution in [1.82, 2.24) is 14.1 Å². The highest BCUT2D eigenvalue weighted by molar-refractivity contribution is 7.99. The van der Waals surface area contributed by atoms with Gasteiger partial charge in [0, 0.05) is 24.5 Å². The van der Waals surface area contributed by atoms with E-state index in [1.54, 1.807) is 34.5 Å². The smallest absolute Gasteiger partial charge is 0.260 e. The van der Waals surface area contributed by atoms with E-state index >= 15 is 0 Å². The molecular weight excluding hydrogens is 308 g/mol. The Bertz CT molecular complexity index is 712. The number of hydrogen-bond donors (Lipinski definition) is 2. The summed E-state index contributed by atoms with van der Waals surface area (Å²) in [5.41, 5.74) is 0.603. The van der Waals surface area contributed by atoms with Crippen molar-refractivity contribution in [1.29, 1.82) is 0 Å². The molecule has 0 aliphatic heterocycles. The van der Waals surface area contributed by atoms with E-state index in [1.807, 2.05) is 26.2 Å². The number of thioether (sulfide) groups is 1. The van der Waals surface area contributed by atoms with Crippen molar-refractivity contribution in [3.63, 3.8) is 0 Å². The number of imidazole rings is 1. The van der Waals surface area contributed by atoms with Gasteiger partial charge < -0.3 is 5.32 Å². The van der Waals surface area contributed by atoms with Crippen molar-refractivity contribution in [2.75, 3.05) is 24.7 Å². The van der Waals surface area contributed by atoms with Crippen LogP contribution >= 0.6 is 11.8 Å². The molecule has 0 aliphatic rings. The van der Waals surface area contributed by atoms with Crippen LogP contribution in [0.15, 0.2) is 29.4 Å². The van der Waals surface area contributed by atoms with Gasteiger partial charge in [-0.1, -0.05) is 13.0 Å². The first-order valence-corrected chi connectivity index (χ1v) is 9.50. The lowest BCUT2D eigenvalue weighted by molar-refractivity contribution is 0.577. The maximum Gasteiger partial charge on any atom is 0.260 e. The average molecular weight is 328 g/mol. The van der Waals surface area contributed by atoms with Crippen molar-refractivity contribution in [3.8, 4) is 0 Å². The molecule has 1 unspecified atom stereocenters.